The number of hydrogen-bond acceptors (Lipinski definition) is 4. The fourth-order valence-corrected chi connectivity index (χ4v) is 3.44. The van der Waals surface area contributed by atoms with Crippen molar-refractivity contribution in [3.8, 4) is 0 Å². The second kappa shape index (κ2) is 8.27. The van der Waals surface area contributed by atoms with Crippen molar-refractivity contribution in [2.75, 3.05) is 19.7 Å². The van der Waals surface area contributed by atoms with Crippen LogP contribution in [0.5, 0.6) is 0 Å². The van der Waals surface area contributed by atoms with Crippen LogP contribution in [0.1, 0.15) is 40.7 Å². The highest BCUT2D eigenvalue weighted by molar-refractivity contribution is 5.94. The van der Waals surface area contributed by atoms with Crippen LogP contribution in [-0.2, 0) is 19.4 Å². The molecule has 25 heavy (non-hydrogen) atoms. The van der Waals surface area contributed by atoms with Gasteiger partial charge in [-0.15, -0.1) is 0 Å². The average Bonchev–Trinajstić information content (AvgIpc) is 2.99. The van der Waals surface area contributed by atoms with Crippen LogP contribution in [0.3, 0.4) is 0 Å². The summed E-state index contributed by atoms with van der Waals surface area (Å²) in [6, 6.07) is 10.5. The summed E-state index contributed by atoms with van der Waals surface area (Å²) in [7, 11) is 0. The number of fused-ring (bicyclic) bond motifs is 1. The summed E-state index contributed by atoms with van der Waals surface area (Å²) >= 11 is 0. The average molecular weight is 342 g/mol. The Morgan fingerprint density at radius 2 is 2.16 bits per heavy atom. The quantitative estimate of drug-likeness (QED) is 0.705. The maximum atomic E-state index is 12.5. The van der Waals surface area contributed by atoms with Crippen LogP contribution in [0.2, 0.25) is 0 Å². The van der Waals surface area contributed by atoms with Crippen molar-refractivity contribution in [2.24, 2.45) is 0 Å². The molecule has 2 aromatic rings. The number of rotatable bonds is 7. The summed E-state index contributed by atoms with van der Waals surface area (Å²) in [5, 5.41) is 19.9. The van der Waals surface area contributed by atoms with E-state index in [1.165, 1.54) is 5.56 Å². The van der Waals surface area contributed by atoms with Crippen LogP contribution in [0.15, 0.2) is 30.3 Å². The fourth-order valence-electron chi connectivity index (χ4n) is 3.44. The number of nitrogens with one attached hydrogen (secondary N) is 2. The number of benzene rings is 1. The number of aromatic nitrogens is 2. The topological polar surface area (TPSA) is 79.2 Å². The first-order valence-corrected chi connectivity index (χ1v) is 8.97. The van der Waals surface area contributed by atoms with E-state index >= 15 is 0 Å². The first-order chi connectivity index (χ1) is 12.2. The zero-order chi connectivity index (χ0) is 17.6. The van der Waals surface area contributed by atoms with Crippen molar-refractivity contribution in [1.29, 1.82) is 0 Å². The molecule has 0 bridgehead atoms. The van der Waals surface area contributed by atoms with E-state index in [9.17, 15) is 4.79 Å². The van der Waals surface area contributed by atoms with Crippen molar-refractivity contribution in [3.63, 3.8) is 0 Å². The molecule has 0 spiro atoms. The molecule has 0 saturated heterocycles. The number of amides is 1. The number of hydrogen-bond donors (Lipinski definition) is 3. The smallest absolute Gasteiger partial charge is 0.272 e. The minimum Gasteiger partial charge on any atom is -0.395 e. The van der Waals surface area contributed by atoms with Gasteiger partial charge in [0.05, 0.1) is 13.2 Å². The van der Waals surface area contributed by atoms with Crippen LogP contribution in [0.4, 0.5) is 0 Å². The summed E-state index contributed by atoms with van der Waals surface area (Å²) in [5.74, 6) is -0.103. The lowest BCUT2D eigenvalue weighted by atomic mass is 9.91. The molecule has 3 rings (SSSR count). The molecule has 1 aliphatic carbocycles. The Kier molecular flexibility index (Phi) is 5.83. The Labute approximate surface area is 148 Å². The molecule has 0 saturated carbocycles. The third-order valence-electron chi connectivity index (χ3n) is 4.62. The molecule has 6 nitrogen and oxygen atoms in total. The summed E-state index contributed by atoms with van der Waals surface area (Å²) in [6.45, 7) is 3.88. The highest BCUT2D eigenvalue weighted by Crippen LogP contribution is 2.25. The Hall–Kier alpha value is -2.18. The number of aliphatic hydroxyl groups is 1. The van der Waals surface area contributed by atoms with E-state index in [4.69, 9.17) is 5.11 Å². The number of carbonyl (C=O) groups is 1. The van der Waals surface area contributed by atoms with Gasteiger partial charge in [-0.3, -0.25) is 9.48 Å². The molecule has 1 heterocycles. The van der Waals surface area contributed by atoms with Gasteiger partial charge in [-0.25, -0.2) is 0 Å². The van der Waals surface area contributed by atoms with E-state index < -0.39 is 0 Å². The highest BCUT2D eigenvalue weighted by Gasteiger charge is 2.28. The highest BCUT2D eigenvalue weighted by atomic mass is 16.3. The molecule has 0 radical (unpaired) electrons. The molecule has 1 aromatic heterocycles. The normalized spacial score (nSPS) is 16.5. The predicted molar refractivity (Wildman–Crippen MR) is 96.7 cm³/mol. The second-order valence-electron chi connectivity index (χ2n) is 6.39. The molecule has 6 heteroatoms. The standard InChI is InChI=1S/C19H26N4O2/c1-2-20-19(25)18-16-12-15(21-10-11-24)8-9-17(16)23(22-18)13-14-6-4-3-5-7-14/h3-7,15,21,24H,2,8-13H2,1H3,(H,20,25). The summed E-state index contributed by atoms with van der Waals surface area (Å²) < 4.78 is 1.98. The zero-order valence-corrected chi connectivity index (χ0v) is 14.7. The van der Waals surface area contributed by atoms with Crippen molar-refractivity contribution < 1.29 is 9.90 Å². The van der Waals surface area contributed by atoms with Gasteiger partial charge in [-0.05, 0) is 31.7 Å². The van der Waals surface area contributed by atoms with Gasteiger partial charge >= 0.3 is 0 Å². The van der Waals surface area contributed by atoms with E-state index in [0.717, 1.165) is 30.5 Å². The van der Waals surface area contributed by atoms with Gasteiger partial charge in [-0.2, -0.15) is 5.10 Å². The molecule has 134 valence electrons. The molecule has 1 atom stereocenters. The molecular formula is C19H26N4O2. The Morgan fingerprint density at radius 3 is 2.88 bits per heavy atom. The largest absolute Gasteiger partial charge is 0.395 e. The van der Waals surface area contributed by atoms with E-state index in [1.54, 1.807) is 0 Å². The molecular weight excluding hydrogens is 316 g/mol. The minimum absolute atomic E-state index is 0.103. The molecule has 1 unspecified atom stereocenters. The van der Waals surface area contributed by atoms with Crippen molar-refractivity contribution in [3.05, 3.63) is 52.8 Å². The lowest BCUT2D eigenvalue weighted by molar-refractivity contribution is 0.0949. The molecule has 1 aromatic carbocycles. The van der Waals surface area contributed by atoms with Gasteiger partial charge in [0.1, 0.15) is 0 Å². The molecule has 0 fully saturated rings. The van der Waals surface area contributed by atoms with Gasteiger partial charge in [0.2, 0.25) is 0 Å². The molecule has 0 aliphatic heterocycles. The third kappa shape index (κ3) is 4.08. The Bertz CT molecular complexity index is 712. The first kappa shape index (κ1) is 17.6. The molecule has 3 N–H and O–H groups in total. The summed E-state index contributed by atoms with van der Waals surface area (Å²) in [4.78, 5) is 12.5. The van der Waals surface area contributed by atoms with Gasteiger partial charge in [0.15, 0.2) is 5.69 Å². The first-order valence-electron chi connectivity index (χ1n) is 8.97. The summed E-state index contributed by atoms with van der Waals surface area (Å²) in [5.41, 5.74) is 3.93. The van der Waals surface area contributed by atoms with Crippen LogP contribution in [0, 0.1) is 0 Å². The van der Waals surface area contributed by atoms with Crippen LogP contribution >= 0.6 is 0 Å². The Morgan fingerprint density at radius 1 is 1.36 bits per heavy atom. The Balaban J connectivity index is 1.89. The van der Waals surface area contributed by atoms with Crippen molar-refractivity contribution in [1.82, 2.24) is 20.4 Å². The van der Waals surface area contributed by atoms with E-state index in [2.05, 4.69) is 27.9 Å². The SMILES string of the molecule is CCNC(=O)c1nn(Cc2ccccc2)c2c1CC(NCCO)CC2. The fraction of sp³-hybridized carbons (Fsp3) is 0.474. The maximum absolute atomic E-state index is 12.5. The maximum Gasteiger partial charge on any atom is 0.272 e. The molecule has 1 aliphatic rings. The number of nitrogens with zero attached hydrogens (tertiary/aromatic N) is 2. The minimum atomic E-state index is -0.103. The lowest BCUT2D eigenvalue weighted by Gasteiger charge is -2.24. The summed E-state index contributed by atoms with van der Waals surface area (Å²) in [6.07, 6.45) is 2.65. The van der Waals surface area contributed by atoms with Gasteiger partial charge in [-0.1, -0.05) is 30.3 Å². The van der Waals surface area contributed by atoms with Crippen molar-refractivity contribution in [2.45, 2.75) is 38.8 Å². The van der Waals surface area contributed by atoms with Crippen LogP contribution in [0.25, 0.3) is 0 Å². The second-order valence-corrected chi connectivity index (χ2v) is 6.39. The van der Waals surface area contributed by atoms with Gasteiger partial charge in [0, 0.05) is 30.4 Å². The van der Waals surface area contributed by atoms with E-state index in [-0.39, 0.29) is 18.6 Å². The zero-order valence-electron chi connectivity index (χ0n) is 14.7. The van der Waals surface area contributed by atoms with Gasteiger partial charge in [0.25, 0.3) is 5.91 Å². The van der Waals surface area contributed by atoms with Crippen LogP contribution < -0.4 is 10.6 Å². The van der Waals surface area contributed by atoms with E-state index in [1.807, 2.05) is 29.8 Å². The van der Waals surface area contributed by atoms with E-state index in [0.29, 0.717) is 25.3 Å². The number of aliphatic hydroxyl groups excluding tert-OH is 1. The predicted octanol–water partition coefficient (Wildman–Crippen LogP) is 1.12. The lowest BCUT2D eigenvalue weighted by Crippen LogP contribution is -2.37. The van der Waals surface area contributed by atoms with Gasteiger partial charge < -0.3 is 15.7 Å². The third-order valence-corrected chi connectivity index (χ3v) is 4.62. The monoisotopic (exact) mass is 342 g/mol. The number of carbonyl (C=O) groups excluding carboxylic acids is 1. The molecule has 1 amide bonds. The van der Waals surface area contributed by atoms with Crippen LogP contribution in [-0.4, -0.2) is 46.5 Å². The van der Waals surface area contributed by atoms with Crippen molar-refractivity contribution >= 4 is 5.91 Å².